The van der Waals surface area contributed by atoms with Gasteiger partial charge in [-0.2, -0.15) is 0 Å². The van der Waals surface area contributed by atoms with E-state index in [2.05, 4.69) is 5.32 Å². The number of rotatable bonds is 11. The lowest BCUT2D eigenvalue weighted by Gasteiger charge is -2.27. The van der Waals surface area contributed by atoms with Crippen molar-refractivity contribution in [2.24, 2.45) is 5.92 Å². The largest absolute Gasteiger partial charge is 0.465 e. The van der Waals surface area contributed by atoms with E-state index in [1.165, 1.54) is 6.92 Å². The van der Waals surface area contributed by atoms with E-state index in [4.69, 9.17) is 32.7 Å². The lowest BCUT2D eigenvalue weighted by Crippen LogP contribution is -2.41. The van der Waals surface area contributed by atoms with E-state index in [-0.39, 0.29) is 27.0 Å². The Morgan fingerprint density at radius 1 is 0.971 bits per heavy atom. The van der Waals surface area contributed by atoms with Gasteiger partial charge < -0.3 is 14.8 Å². The Morgan fingerprint density at radius 3 is 2.00 bits per heavy atom. The molecule has 0 heterocycles. The van der Waals surface area contributed by atoms with Crippen LogP contribution in [0.25, 0.3) is 0 Å². The standard InChI is InChI=1S/C23H25Cl2I2NO7/c1-6-10(2)7-8-14(9-34-12(4)29)20(35-13(5)30)23(33)28-19-11(3)15(21(24)31)17(26)16(18(19)27)22(25)32/h6,14,20H,7-9H2,1-5H3,(H,28,33). The first-order valence-corrected chi connectivity index (χ1v) is 13.3. The third kappa shape index (κ3) is 8.97. The number of hydrogen-bond acceptors (Lipinski definition) is 7. The van der Waals surface area contributed by atoms with Crippen molar-refractivity contribution in [1.82, 2.24) is 0 Å². The molecule has 0 fully saturated rings. The van der Waals surface area contributed by atoms with E-state index in [9.17, 15) is 24.0 Å². The Balaban J connectivity index is 3.55. The van der Waals surface area contributed by atoms with Crippen LogP contribution in [0.2, 0.25) is 0 Å². The first-order chi connectivity index (χ1) is 16.2. The minimum absolute atomic E-state index is 0.0157. The molecule has 0 radical (unpaired) electrons. The molecular weight excluding hydrogens is 727 g/mol. The highest BCUT2D eigenvalue weighted by molar-refractivity contribution is 14.1. The number of benzene rings is 1. The highest BCUT2D eigenvalue weighted by Crippen LogP contribution is 2.36. The Kier molecular flexibility index (Phi) is 13.1. The summed E-state index contributed by atoms with van der Waals surface area (Å²) in [5, 5.41) is 1.00. The molecule has 1 aromatic carbocycles. The normalized spacial score (nSPS) is 13.0. The van der Waals surface area contributed by atoms with Crippen LogP contribution in [0.15, 0.2) is 11.6 Å². The molecule has 0 saturated heterocycles. The van der Waals surface area contributed by atoms with Gasteiger partial charge in [0.05, 0.1) is 27.0 Å². The number of carbonyl (C=O) groups is 5. The zero-order valence-corrected chi connectivity index (χ0v) is 25.5. The van der Waals surface area contributed by atoms with Crippen LogP contribution in [-0.4, -0.2) is 41.0 Å². The fraction of sp³-hybridized carbons (Fsp3) is 0.435. The Hall–Kier alpha value is -1.25. The Morgan fingerprint density at radius 2 is 1.54 bits per heavy atom. The molecule has 0 spiro atoms. The summed E-state index contributed by atoms with van der Waals surface area (Å²) in [7, 11) is 0. The maximum absolute atomic E-state index is 13.4. The van der Waals surface area contributed by atoms with Gasteiger partial charge in [0.2, 0.25) is 0 Å². The lowest BCUT2D eigenvalue weighted by molar-refractivity contribution is -0.159. The van der Waals surface area contributed by atoms with Crippen molar-refractivity contribution >= 4 is 102 Å². The molecule has 8 nitrogen and oxygen atoms in total. The molecule has 1 N–H and O–H groups in total. The second kappa shape index (κ2) is 14.5. The fourth-order valence-corrected chi connectivity index (χ4v) is 6.83. The van der Waals surface area contributed by atoms with Gasteiger partial charge in [-0.05, 0) is 108 Å². The highest BCUT2D eigenvalue weighted by atomic mass is 127. The monoisotopic (exact) mass is 751 g/mol. The van der Waals surface area contributed by atoms with Gasteiger partial charge >= 0.3 is 11.9 Å². The van der Waals surface area contributed by atoms with Crippen LogP contribution in [-0.2, 0) is 23.9 Å². The predicted octanol–water partition coefficient (Wildman–Crippen LogP) is 5.76. The van der Waals surface area contributed by atoms with Crippen LogP contribution < -0.4 is 5.32 Å². The van der Waals surface area contributed by atoms with E-state index >= 15 is 0 Å². The smallest absolute Gasteiger partial charge is 0.303 e. The molecule has 0 saturated carbocycles. The summed E-state index contributed by atoms with van der Waals surface area (Å²) in [6, 6.07) is 0. The van der Waals surface area contributed by atoms with Crippen LogP contribution in [0, 0.1) is 20.0 Å². The van der Waals surface area contributed by atoms with Crippen LogP contribution in [0.3, 0.4) is 0 Å². The molecule has 35 heavy (non-hydrogen) atoms. The third-order valence-electron chi connectivity index (χ3n) is 5.15. The van der Waals surface area contributed by atoms with Gasteiger partial charge in [-0.25, -0.2) is 0 Å². The maximum Gasteiger partial charge on any atom is 0.303 e. The molecule has 0 aliphatic heterocycles. The molecule has 1 amide bonds. The predicted molar refractivity (Wildman–Crippen MR) is 150 cm³/mol. The van der Waals surface area contributed by atoms with Crippen molar-refractivity contribution in [2.45, 2.75) is 53.6 Å². The van der Waals surface area contributed by atoms with Gasteiger partial charge in [-0.3, -0.25) is 24.0 Å². The highest BCUT2D eigenvalue weighted by Gasteiger charge is 2.34. The number of hydrogen-bond donors (Lipinski definition) is 1. The number of halogens is 4. The first kappa shape index (κ1) is 31.8. The molecule has 12 heteroatoms. The summed E-state index contributed by atoms with van der Waals surface area (Å²) >= 11 is 15.1. The minimum Gasteiger partial charge on any atom is -0.465 e. The zero-order chi connectivity index (χ0) is 27.0. The topological polar surface area (TPSA) is 116 Å². The first-order valence-electron chi connectivity index (χ1n) is 10.4. The van der Waals surface area contributed by atoms with Crippen molar-refractivity contribution in [3.8, 4) is 0 Å². The average Bonchev–Trinajstić information content (AvgIpc) is 2.74. The van der Waals surface area contributed by atoms with E-state index in [1.54, 1.807) is 29.5 Å². The van der Waals surface area contributed by atoms with Gasteiger partial charge in [-0.1, -0.05) is 11.6 Å². The lowest BCUT2D eigenvalue weighted by atomic mass is 9.94. The number of ether oxygens (including phenoxy) is 2. The molecule has 2 atom stereocenters. The number of amides is 1. The van der Waals surface area contributed by atoms with E-state index in [0.717, 1.165) is 12.5 Å². The SMILES string of the molecule is CC=C(C)CCC(COC(C)=O)C(OC(C)=O)C(=O)Nc1c(C)c(C(=O)Cl)c(I)c(C(=O)Cl)c1I. The number of allylic oxidation sites excluding steroid dienone is 2. The summed E-state index contributed by atoms with van der Waals surface area (Å²) in [4.78, 5) is 60.9. The summed E-state index contributed by atoms with van der Waals surface area (Å²) in [6.45, 7) is 7.59. The third-order valence-corrected chi connectivity index (χ3v) is 7.69. The van der Waals surface area contributed by atoms with Gasteiger partial charge in [-0.15, -0.1) is 0 Å². The number of esters is 2. The molecule has 0 aromatic heterocycles. The summed E-state index contributed by atoms with van der Waals surface area (Å²) in [5.41, 5.74) is 1.53. The molecule has 0 aliphatic rings. The van der Waals surface area contributed by atoms with Crippen LogP contribution >= 0.6 is 68.4 Å². The quantitative estimate of drug-likeness (QED) is 0.132. The molecule has 192 valence electrons. The van der Waals surface area contributed by atoms with Crippen molar-refractivity contribution < 1.29 is 33.4 Å². The minimum atomic E-state index is -1.32. The van der Waals surface area contributed by atoms with Crippen molar-refractivity contribution in [3.05, 3.63) is 35.5 Å². The average molecular weight is 752 g/mol. The molecule has 1 aromatic rings. The second-order valence-corrected chi connectivity index (χ2v) is 10.5. The Labute approximate surface area is 241 Å². The summed E-state index contributed by atoms with van der Waals surface area (Å²) in [5.74, 6) is -2.64. The molecule has 1 rings (SSSR count). The number of nitrogens with one attached hydrogen (secondary N) is 1. The number of carbonyl (C=O) groups excluding carboxylic acids is 5. The van der Waals surface area contributed by atoms with Gasteiger partial charge in [0.25, 0.3) is 16.4 Å². The number of anilines is 1. The fourth-order valence-electron chi connectivity index (χ4n) is 3.20. The van der Waals surface area contributed by atoms with Crippen LogP contribution in [0.1, 0.15) is 66.8 Å². The zero-order valence-electron chi connectivity index (χ0n) is 19.7. The van der Waals surface area contributed by atoms with E-state index in [0.29, 0.717) is 22.0 Å². The van der Waals surface area contributed by atoms with Crippen molar-refractivity contribution in [2.75, 3.05) is 11.9 Å². The van der Waals surface area contributed by atoms with E-state index in [1.807, 2.05) is 42.5 Å². The van der Waals surface area contributed by atoms with Crippen molar-refractivity contribution in [1.29, 1.82) is 0 Å². The maximum atomic E-state index is 13.4. The Bertz CT molecular complexity index is 1030. The summed E-state index contributed by atoms with van der Waals surface area (Å²) < 4.78 is 11.0. The molecule has 0 aliphatic carbocycles. The van der Waals surface area contributed by atoms with E-state index < -0.39 is 40.4 Å². The second-order valence-electron chi connectivity index (χ2n) is 7.68. The molecular formula is C23H25Cl2I2NO7. The molecule has 0 bridgehead atoms. The van der Waals surface area contributed by atoms with Crippen LogP contribution in [0.5, 0.6) is 0 Å². The van der Waals surface area contributed by atoms with Gasteiger partial charge in [0.1, 0.15) is 0 Å². The molecule has 2 unspecified atom stereocenters. The summed E-state index contributed by atoms with van der Waals surface area (Å²) in [6.07, 6.45) is 1.55. The van der Waals surface area contributed by atoms with Gasteiger partial charge in [0, 0.05) is 23.3 Å². The van der Waals surface area contributed by atoms with Crippen LogP contribution in [0.4, 0.5) is 5.69 Å². The van der Waals surface area contributed by atoms with Gasteiger partial charge in [0.15, 0.2) is 6.10 Å². The van der Waals surface area contributed by atoms with Crippen molar-refractivity contribution in [3.63, 3.8) is 0 Å².